The Morgan fingerprint density at radius 2 is 1.95 bits per heavy atom. The van der Waals surface area contributed by atoms with E-state index in [1.54, 1.807) is 13.8 Å². The predicted molar refractivity (Wildman–Crippen MR) is 71.2 cm³/mol. The Balaban J connectivity index is 2.87. The van der Waals surface area contributed by atoms with E-state index in [1.807, 2.05) is 20.8 Å². The highest BCUT2D eigenvalue weighted by Crippen LogP contribution is 2.13. The van der Waals surface area contributed by atoms with Crippen LogP contribution in [0.25, 0.3) is 0 Å². The van der Waals surface area contributed by atoms with Gasteiger partial charge in [0.2, 0.25) is 5.91 Å². The van der Waals surface area contributed by atoms with Gasteiger partial charge in [0.15, 0.2) is 0 Å². The van der Waals surface area contributed by atoms with Crippen LogP contribution in [0.4, 0.5) is 0 Å². The van der Waals surface area contributed by atoms with Crippen LogP contribution in [0.2, 0.25) is 0 Å². The Morgan fingerprint density at radius 3 is 2.37 bits per heavy atom. The third-order valence-electron chi connectivity index (χ3n) is 3.25. The zero-order valence-electron chi connectivity index (χ0n) is 12.1. The maximum atomic E-state index is 11.9. The first-order valence-electron chi connectivity index (χ1n) is 6.26. The number of carboxylic acids is 1. The normalized spacial score (nSPS) is 11.4. The first kappa shape index (κ1) is 15.2. The van der Waals surface area contributed by atoms with Crippen molar-refractivity contribution in [3.63, 3.8) is 0 Å². The minimum atomic E-state index is -1.02. The molecule has 0 spiro atoms. The molecule has 0 aliphatic rings. The van der Waals surface area contributed by atoms with Crippen LogP contribution >= 0.6 is 0 Å². The quantitative estimate of drug-likeness (QED) is 0.846. The zero-order chi connectivity index (χ0) is 14.8. The fraction of sp³-hybridized carbons (Fsp3) is 0.615. The van der Waals surface area contributed by atoms with E-state index in [2.05, 4.69) is 10.4 Å². The molecule has 0 aliphatic heterocycles. The van der Waals surface area contributed by atoms with E-state index < -0.39 is 5.97 Å². The van der Waals surface area contributed by atoms with Gasteiger partial charge in [0, 0.05) is 5.54 Å². The summed E-state index contributed by atoms with van der Waals surface area (Å²) in [5.41, 5.74) is 0.813. The summed E-state index contributed by atoms with van der Waals surface area (Å²) in [6, 6.07) is 0. The van der Waals surface area contributed by atoms with Crippen molar-refractivity contribution < 1.29 is 14.7 Å². The van der Waals surface area contributed by atoms with E-state index in [4.69, 9.17) is 5.11 Å². The van der Waals surface area contributed by atoms with E-state index in [9.17, 15) is 9.59 Å². The Kier molecular flexibility index (Phi) is 4.34. The summed E-state index contributed by atoms with van der Waals surface area (Å²) >= 11 is 0. The van der Waals surface area contributed by atoms with Gasteiger partial charge in [-0.2, -0.15) is 5.10 Å². The molecule has 1 aromatic rings. The standard InChI is InChI=1S/C13H21N3O3/c1-6-13(4,5)14-10(17)7-16-9(3)11(12(18)19)8(2)15-16/h6-7H2,1-5H3,(H,14,17)(H,18,19). The molecule has 1 aromatic heterocycles. The number of aromatic carboxylic acids is 1. The average molecular weight is 267 g/mol. The second-order valence-electron chi connectivity index (χ2n) is 5.29. The van der Waals surface area contributed by atoms with Crippen molar-refractivity contribution in [3.8, 4) is 0 Å². The van der Waals surface area contributed by atoms with Gasteiger partial charge < -0.3 is 10.4 Å². The summed E-state index contributed by atoms with van der Waals surface area (Å²) in [5.74, 6) is -1.19. The summed E-state index contributed by atoms with van der Waals surface area (Å²) in [4.78, 5) is 23.0. The van der Waals surface area contributed by atoms with Crippen molar-refractivity contribution in [3.05, 3.63) is 17.0 Å². The summed E-state index contributed by atoms with van der Waals surface area (Å²) in [5, 5.41) is 16.1. The lowest BCUT2D eigenvalue weighted by Crippen LogP contribution is -2.44. The van der Waals surface area contributed by atoms with E-state index in [1.165, 1.54) is 4.68 Å². The molecule has 2 N–H and O–H groups in total. The Hall–Kier alpha value is -1.85. The van der Waals surface area contributed by atoms with Crippen molar-refractivity contribution in [2.24, 2.45) is 0 Å². The number of nitrogens with one attached hydrogen (secondary N) is 1. The molecule has 1 rings (SSSR count). The zero-order valence-corrected chi connectivity index (χ0v) is 12.1. The molecule has 0 fully saturated rings. The lowest BCUT2D eigenvalue weighted by molar-refractivity contribution is -0.123. The number of amides is 1. The van der Waals surface area contributed by atoms with Crippen LogP contribution in [0.3, 0.4) is 0 Å². The first-order chi connectivity index (χ1) is 8.68. The minimum Gasteiger partial charge on any atom is -0.478 e. The van der Waals surface area contributed by atoms with Gasteiger partial charge in [0.05, 0.1) is 11.4 Å². The lowest BCUT2D eigenvalue weighted by atomic mass is 10.0. The second-order valence-corrected chi connectivity index (χ2v) is 5.29. The van der Waals surface area contributed by atoms with E-state index in [-0.39, 0.29) is 23.6 Å². The molecule has 0 saturated heterocycles. The molecule has 1 amide bonds. The molecule has 6 nitrogen and oxygen atoms in total. The first-order valence-corrected chi connectivity index (χ1v) is 6.26. The molecule has 0 radical (unpaired) electrons. The molecule has 0 atom stereocenters. The second kappa shape index (κ2) is 5.42. The lowest BCUT2D eigenvalue weighted by Gasteiger charge is -2.24. The number of carboxylic acid groups (broad SMARTS) is 1. The van der Waals surface area contributed by atoms with Crippen LogP contribution < -0.4 is 5.32 Å². The van der Waals surface area contributed by atoms with Gasteiger partial charge in [-0.15, -0.1) is 0 Å². The molecule has 6 heteroatoms. The van der Waals surface area contributed by atoms with Crippen molar-refractivity contribution in [1.29, 1.82) is 0 Å². The SMILES string of the molecule is CCC(C)(C)NC(=O)Cn1nc(C)c(C(=O)O)c1C. The van der Waals surface area contributed by atoms with Crippen molar-refractivity contribution in [2.75, 3.05) is 0 Å². The van der Waals surface area contributed by atoms with Gasteiger partial charge in [-0.1, -0.05) is 6.92 Å². The van der Waals surface area contributed by atoms with Crippen LogP contribution in [-0.2, 0) is 11.3 Å². The number of nitrogens with zero attached hydrogens (tertiary/aromatic N) is 2. The number of aromatic nitrogens is 2. The Morgan fingerprint density at radius 1 is 1.37 bits per heavy atom. The van der Waals surface area contributed by atoms with Crippen LogP contribution in [-0.4, -0.2) is 32.3 Å². The topological polar surface area (TPSA) is 84.2 Å². The Labute approximate surface area is 112 Å². The summed E-state index contributed by atoms with van der Waals surface area (Å²) in [6.45, 7) is 9.18. The van der Waals surface area contributed by atoms with E-state index in [0.29, 0.717) is 11.4 Å². The molecule has 1 heterocycles. The maximum absolute atomic E-state index is 11.9. The van der Waals surface area contributed by atoms with Crippen LogP contribution in [0.1, 0.15) is 48.9 Å². The third kappa shape index (κ3) is 3.56. The number of carbonyl (C=O) groups excluding carboxylic acids is 1. The number of aryl methyl sites for hydroxylation is 1. The predicted octanol–water partition coefficient (Wildman–Crippen LogP) is 1.50. The summed E-state index contributed by atoms with van der Waals surface area (Å²) in [7, 11) is 0. The number of rotatable bonds is 5. The van der Waals surface area contributed by atoms with Gasteiger partial charge >= 0.3 is 5.97 Å². The highest BCUT2D eigenvalue weighted by molar-refractivity contribution is 5.90. The number of hydrogen-bond acceptors (Lipinski definition) is 3. The Bertz CT molecular complexity index is 503. The molecular weight excluding hydrogens is 246 g/mol. The minimum absolute atomic E-state index is 0.0311. The van der Waals surface area contributed by atoms with E-state index >= 15 is 0 Å². The van der Waals surface area contributed by atoms with Gasteiger partial charge in [-0.3, -0.25) is 9.48 Å². The molecule has 0 unspecified atom stereocenters. The van der Waals surface area contributed by atoms with Gasteiger partial charge in [0.25, 0.3) is 0 Å². The molecular formula is C13H21N3O3. The van der Waals surface area contributed by atoms with Gasteiger partial charge in [0.1, 0.15) is 12.1 Å². The molecule has 0 aliphatic carbocycles. The summed E-state index contributed by atoms with van der Waals surface area (Å²) in [6.07, 6.45) is 0.816. The monoisotopic (exact) mass is 267 g/mol. The molecule has 19 heavy (non-hydrogen) atoms. The molecule has 0 saturated carbocycles. The van der Waals surface area contributed by atoms with Crippen LogP contribution in [0.15, 0.2) is 0 Å². The van der Waals surface area contributed by atoms with Crippen LogP contribution in [0.5, 0.6) is 0 Å². The van der Waals surface area contributed by atoms with E-state index in [0.717, 1.165) is 6.42 Å². The molecule has 0 bridgehead atoms. The fourth-order valence-corrected chi connectivity index (χ4v) is 1.80. The fourth-order valence-electron chi connectivity index (χ4n) is 1.80. The highest BCUT2D eigenvalue weighted by Gasteiger charge is 2.21. The smallest absolute Gasteiger partial charge is 0.339 e. The average Bonchev–Trinajstić information content (AvgIpc) is 2.53. The van der Waals surface area contributed by atoms with Crippen molar-refractivity contribution in [2.45, 2.75) is 53.1 Å². The number of hydrogen-bond donors (Lipinski definition) is 2. The van der Waals surface area contributed by atoms with Crippen LogP contribution in [0, 0.1) is 13.8 Å². The number of carbonyl (C=O) groups is 2. The highest BCUT2D eigenvalue weighted by atomic mass is 16.4. The molecule has 0 aromatic carbocycles. The van der Waals surface area contributed by atoms with Gasteiger partial charge in [-0.05, 0) is 34.1 Å². The molecule has 106 valence electrons. The third-order valence-corrected chi connectivity index (χ3v) is 3.25. The maximum Gasteiger partial charge on any atom is 0.339 e. The largest absolute Gasteiger partial charge is 0.478 e. The van der Waals surface area contributed by atoms with Gasteiger partial charge in [-0.25, -0.2) is 4.79 Å². The summed E-state index contributed by atoms with van der Waals surface area (Å²) < 4.78 is 1.43. The van der Waals surface area contributed by atoms with Crippen molar-refractivity contribution >= 4 is 11.9 Å². The van der Waals surface area contributed by atoms with Crippen molar-refractivity contribution in [1.82, 2.24) is 15.1 Å².